The Morgan fingerprint density at radius 3 is 2.55 bits per heavy atom. The van der Waals surface area contributed by atoms with Crippen molar-refractivity contribution in [1.82, 2.24) is 10.3 Å². The lowest BCUT2D eigenvalue weighted by Crippen LogP contribution is -2.24. The average molecular weight is 317 g/mol. The molecule has 0 fully saturated rings. The molecular weight excluding hydrogens is 298 g/mol. The van der Waals surface area contributed by atoms with E-state index in [1.54, 1.807) is 35.6 Å². The zero-order valence-electron chi connectivity index (χ0n) is 12.7. The summed E-state index contributed by atoms with van der Waals surface area (Å²) in [7, 11) is 0. The van der Waals surface area contributed by atoms with Crippen LogP contribution in [0.25, 0.3) is 0 Å². The number of thiazole rings is 1. The molecule has 1 heterocycles. The third-order valence-electron chi connectivity index (χ3n) is 2.99. The molecule has 5 nitrogen and oxygen atoms in total. The Bertz CT molecular complexity index is 650. The maximum absolute atomic E-state index is 12.0. The predicted molar refractivity (Wildman–Crippen MR) is 88.3 cm³/mol. The second-order valence-electron chi connectivity index (χ2n) is 5.00. The minimum atomic E-state index is -0.130. The molecule has 0 atom stereocenters. The van der Waals surface area contributed by atoms with E-state index in [1.165, 1.54) is 6.92 Å². The van der Waals surface area contributed by atoms with E-state index >= 15 is 0 Å². The smallest absolute Gasteiger partial charge is 0.251 e. The number of aromatic nitrogens is 1. The maximum Gasteiger partial charge on any atom is 0.251 e. The van der Waals surface area contributed by atoms with Gasteiger partial charge in [-0.3, -0.25) is 9.59 Å². The van der Waals surface area contributed by atoms with Gasteiger partial charge in [-0.05, 0) is 37.6 Å². The van der Waals surface area contributed by atoms with Crippen LogP contribution in [0.3, 0.4) is 0 Å². The molecule has 0 spiro atoms. The number of carbonyl (C=O) groups is 2. The number of nitrogens with zero attached hydrogens (tertiary/aromatic N) is 1. The number of benzene rings is 1. The molecule has 0 radical (unpaired) electrons. The van der Waals surface area contributed by atoms with Crippen LogP contribution in [0.5, 0.6) is 0 Å². The molecule has 6 heteroatoms. The van der Waals surface area contributed by atoms with Gasteiger partial charge in [-0.25, -0.2) is 4.98 Å². The first-order chi connectivity index (χ1) is 10.5. The summed E-state index contributed by atoms with van der Waals surface area (Å²) in [6.45, 7) is 4.04. The summed E-state index contributed by atoms with van der Waals surface area (Å²) < 4.78 is 0. The lowest BCUT2D eigenvalue weighted by atomic mass is 10.2. The number of carbonyl (C=O) groups excluding carboxylic acids is 2. The van der Waals surface area contributed by atoms with Gasteiger partial charge in [0.1, 0.15) is 0 Å². The van der Waals surface area contributed by atoms with Gasteiger partial charge in [0, 0.05) is 42.2 Å². The minimum Gasteiger partial charge on any atom is -0.352 e. The van der Waals surface area contributed by atoms with Gasteiger partial charge in [0.2, 0.25) is 5.91 Å². The van der Waals surface area contributed by atoms with E-state index in [9.17, 15) is 9.59 Å². The maximum atomic E-state index is 12.0. The lowest BCUT2D eigenvalue weighted by molar-refractivity contribution is -0.114. The van der Waals surface area contributed by atoms with Gasteiger partial charge in [-0.1, -0.05) is 0 Å². The van der Waals surface area contributed by atoms with Crippen LogP contribution in [-0.4, -0.2) is 23.3 Å². The number of nitrogens with one attached hydrogen (secondary N) is 2. The van der Waals surface area contributed by atoms with Crippen LogP contribution in [-0.2, 0) is 11.2 Å². The van der Waals surface area contributed by atoms with Crippen LogP contribution in [0.4, 0.5) is 5.69 Å². The first-order valence-electron chi connectivity index (χ1n) is 7.11. The summed E-state index contributed by atoms with van der Waals surface area (Å²) in [5.41, 5.74) is 2.31. The molecule has 0 bridgehead atoms. The van der Waals surface area contributed by atoms with E-state index in [4.69, 9.17) is 0 Å². The molecule has 0 aliphatic heterocycles. The van der Waals surface area contributed by atoms with E-state index < -0.39 is 0 Å². The van der Waals surface area contributed by atoms with Gasteiger partial charge >= 0.3 is 0 Å². The van der Waals surface area contributed by atoms with Gasteiger partial charge < -0.3 is 10.6 Å². The Hall–Kier alpha value is -2.21. The van der Waals surface area contributed by atoms with E-state index in [2.05, 4.69) is 15.6 Å². The number of anilines is 1. The summed E-state index contributed by atoms with van der Waals surface area (Å²) in [5.74, 6) is -0.237. The van der Waals surface area contributed by atoms with Crippen LogP contribution < -0.4 is 10.6 Å². The van der Waals surface area contributed by atoms with Crippen molar-refractivity contribution >= 4 is 28.8 Å². The van der Waals surface area contributed by atoms with Gasteiger partial charge in [-0.2, -0.15) is 0 Å². The third-order valence-corrected chi connectivity index (χ3v) is 4.01. The van der Waals surface area contributed by atoms with E-state index in [0.717, 1.165) is 23.5 Å². The van der Waals surface area contributed by atoms with Gasteiger partial charge in [0.05, 0.1) is 5.01 Å². The normalized spacial score (nSPS) is 10.3. The first-order valence-corrected chi connectivity index (χ1v) is 7.99. The number of rotatable bonds is 6. The quantitative estimate of drug-likeness (QED) is 0.805. The molecule has 0 saturated carbocycles. The van der Waals surface area contributed by atoms with Crippen molar-refractivity contribution in [1.29, 1.82) is 0 Å². The highest BCUT2D eigenvalue weighted by Gasteiger charge is 2.05. The zero-order valence-corrected chi connectivity index (χ0v) is 13.5. The SMILES string of the molecule is CC(=O)Nc1ccc(C(=O)NCCCc2nc(C)cs2)cc1. The van der Waals surface area contributed by atoms with Crippen LogP contribution in [0.15, 0.2) is 29.6 Å². The van der Waals surface area contributed by atoms with Crippen LogP contribution in [0.2, 0.25) is 0 Å². The van der Waals surface area contributed by atoms with Crippen LogP contribution >= 0.6 is 11.3 Å². The molecule has 2 N–H and O–H groups in total. The number of hydrogen-bond acceptors (Lipinski definition) is 4. The van der Waals surface area contributed by atoms with Crippen molar-refractivity contribution in [3.63, 3.8) is 0 Å². The van der Waals surface area contributed by atoms with E-state index in [0.29, 0.717) is 17.8 Å². The average Bonchev–Trinajstić information content (AvgIpc) is 2.89. The molecule has 0 saturated heterocycles. The molecule has 0 unspecified atom stereocenters. The molecule has 2 rings (SSSR count). The predicted octanol–water partition coefficient (Wildman–Crippen LogP) is 2.77. The third kappa shape index (κ3) is 4.96. The van der Waals surface area contributed by atoms with Crippen LogP contribution in [0.1, 0.15) is 34.4 Å². The monoisotopic (exact) mass is 317 g/mol. The standard InChI is InChI=1S/C16H19N3O2S/c1-11-10-22-15(18-11)4-3-9-17-16(21)13-5-7-14(8-6-13)19-12(2)20/h5-8,10H,3-4,9H2,1-2H3,(H,17,21)(H,19,20). The Kier molecular flexibility index (Phi) is 5.66. The Balaban J connectivity index is 1.75. The summed E-state index contributed by atoms with van der Waals surface area (Å²) >= 11 is 1.65. The summed E-state index contributed by atoms with van der Waals surface area (Å²) in [4.78, 5) is 27.3. The fourth-order valence-corrected chi connectivity index (χ4v) is 2.79. The Labute approximate surface area is 133 Å². The zero-order chi connectivity index (χ0) is 15.9. The number of aryl methyl sites for hydroxylation is 2. The summed E-state index contributed by atoms with van der Waals surface area (Å²) in [6, 6.07) is 6.83. The highest BCUT2D eigenvalue weighted by molar-refractivity contribution is 7.09. The first kappa shape index (κ1) is 16.2. The van der Waals surface area contributed by atoms with Gasteiger partial charge in [0.25, 0.3) is 5.91 Å². The summed E-state index contributed by atoms with van der Waals surface area (Å²) in [5, 5.41) is 8.69. The van der Waals surface area contributed by atoms with Crippen LogP contribution in [0, 0.1) is 6.92 Å². The van der Waals surface area contributed by atoms with Crippen molar-refractivity contribution < 1.29 is 9.59 Å². The topological polar surface area (TPSA) is 71.1 Å². The summed E-state index contributed by atoms with van der Waals surface area (Å²) in [6.07, 6.45) is 1.74. The molecule has 22 heavy (non-hydrogen) atoms. The highest BCUT2D eigenvalue weighted by Crippen LogP contribution is 2.11. The van der Waals surface area contributed by atoms with E-state index in [-0.39, 0.29) is 11.8 Å². The van der Waals surface area contributed by atoms with Crippen molar-refractivity contribution in [2.45, 2.75) is 26.7 Å². The number of amides is 2. The molecule has 116 valence electrons. The fraction of sp³-hybridized carbons (Fsp3) is 0.312. The minimum absolute atomic E-state index is 0.107. The molecule has 1 aromatic carbocycles. The van der Waals surface area contributed by atoms with Crippen molar-refractivity contribution in [3.05, 3.63) is 45.9 Å². The van der Waals surface area contributed by atoms with Gasteiger partial charge in [-0.15, -0.1) is 11.3 Å². The fourth-order valence-electron chi connectivity index (χ4n) is 1.97. The molecule has 0 aliphatic rings. The molecular formula is C16H19N3O2S. The molecule has 2 amide bonds. The number of hydrogen-bond donors (Lipinski definition) is 2. The molecule has 1 aromatic heterocycles. The van der Waals surface area contributed by atoms with Crippen molar-refractivity contribution in [2.24, 2.45) is 0 Å². The second-order valence-corrected chi connectivity index (χ2v) is 5.94. The highest BCUT2D eigenvalue weighted by atomic mass is 32.1. The lowest BCUT2D eigenvalue weighted by Gasteiger charge is -2.06. The van der Waals surface area contributed by atoms with Crippen molar-refractivity contribution in [2.75, 3.05) is 11.9 Å². The largest absolute Gasteiger partial charge is 0.352 e. The Morgan fingerprint density at radius 1 is 1.23 bits per heavy atom. The molecule has 0 aliphatic carbocycles. The Morgan fingerprint density at radius 2 is 1.95 bits per heavy atom. The van der Waals surface area contributed by atoms with E-state index in [1.807, 2.05) is 12.3 Å². The van der Waals surface area contributed by atoms with Crippen molar-refractivity contribution in [3.8, 4) is 0 Å². The second kappa shape index (κ2) is 7.70. The molecule has 2 aromatic rings. The van der Waals surface area contributed by atoms with Gasteiger partial charge in [0.15, 0.2) is 0 Å².